The highest BCUT2D eigenvalue weighted by Crippen LogP contribution is 2.27. The van der Waals surface area contributed by atoms with Crippen LogP contribution in [0.15, 0.2) is 51.5 Å². The van der Waals surface area contributed by atoms with Gasteiger partial charge in [0.1, 0.15) is 11.5 Å². The third-order valence-electron chi connectivity index (χ3n) is 3.52. The summed E-state index contributed by atoms with van der Waals surface area (Å²) in [6.45, 7) is 0.0966. The Labute approximate surface area is 158 Å². The average molecular weight is 419 g/mol. The van der Waals surface area contributed by atoms with E-state index in [4.69, 9.17) is 14.0 Å². The van der Waals surface area contributed by atoms with Gasteiger partial charge in [-0.05, 0) is 58.4 Å². The van der Waals surface area contributed by atoms with Crippen LogP contribution in [-0.4, -0.2) is 30.3 Å². The lowest BCUT2D eigenvalue weighted by molar-refractivity contribution is 0.0600. The van der Waals surface area contributed by atoms with Crippen molar-refractivity contribution in [3.8, 4) is 22.9 Å². The number of rotatable bonds is 6. The Morgan fingerprint density at radius 1 is 1.15 bits per heavy atom. The molecule has 0 spiro atoms. The molecule has 26 heavy (non-hydrogen) atoms. The standard InChI is InChI=1S/C18H15BrN2O5/c1-23-13-6-3-11(4-7-13)17-20-16(26-21-17)10-25-15-8-5-12(9-14(15)19)18(22)24-2/h3-9H,10H2,1-2H3. The van der Waals surface area contributed by atoms with E-state index < -0.39 is 5.97 Å². The van der Waals surface area contributed by atoms with Crippen molar-refractivity contribution in [1.29, 1.82) is 0 Å². The largest absolute Gasteiger partial charge is 0.497 e. The molecule has 0 fully saturated rings. The molecule has 8 heteroatoms. The molecule has 0 saturated carbocycles. The van der Waals surface area contributed by atoms with Crippen LogP contribution in [0.3, 0.4) is 0 Å². The summed E-state index contributed by atoms with van der Waals surface area (Å²) in [7, 11) is 2.94. The SMILES string of the molecule is COC(=O)c1ccc(OCc2nc(-c3ccc(OC)cc3)no2)c(Br)c1. The van der Waals surface area contributed by atoms with Crippen molar-refractivity contribution in [1.82, 2.24) is 10.1 Å². The van der Waals surface area contributed by atoms with E-state index in [2.05, 4.69) is 30.8 Å². The minimum atomic E-state index is -0.418. The third-order valence-corrected chi connectivity index (χ3v) is 4.14. The Morgan fingerprint density at radius 2 is 1.92 bits per heavy atom. The fourth-order valence-electron chi connectivity index (χ4n) is 2.17. The van der Waals surface area contributed by atoms with E-state index in [0.717, 1.165) is 11.3 Å². The first-order valence-corrected chi connectivity index (χ1v) is 8.37. The van der Waals surface area contributed by atoms with Crippen LogP contribution in [0, 0.1) is 0 Å². The third kappa shape index (κ3) is 4.02. The molecule has 3 rings (SSSR count). The van der Waals surface area contributed by atoms with E-state index in [0.29, 0.717) is 27.5 Å². The summed E-state index contributed by atoms with van der Waals surface area (Å²) in [4.78, 5) is 15.8. The normalized spacial score (nSPS) is 10.4. The number of benzene rings is 2. The van der Waals surface area contributed by atoms with Gasteiger partial charge in [0, 0.05) is 5.56 Å². The Hall–Kier alpha value is -2.87. The van der Waals surface area contributed by atoms with Crippen molar-refractivity contribution in [2.24, 2.45) is 0 Å². The van der Waals surface area contributed by atoms with Crippen LogP contribution in [0.5, 0.6) is 11.5 Å². The molecule has 2 aromatic carbocycles. The van der Waals surface area contributed by atoms with Gasteiger partial charge in [0.2, 0.25) is 5.82 Å². The van der Waals surface area contributed by atoms with Gasteiger partial charge in [-0.2, -0.15) is 4.98 Å². The summed E-state index contributed by atoms with van der Waals surface area (Å²) in [5.74, 6) is 1.67. The molecule has 1 heterocycles. The lowest BCUT2D eigenvalue weighted by Crippen LogP contribution is -2.02. The molecule has 0 aliphatic carbocycles. The highest BCUT2D eigenvalue weighted by atomic mass is 79.9. The van der Waals surface area contributed by atoms with Crippen LogP contribution in [0.2, 0.25) is 0 Å². The number of nitrogens with zero attached hydrogens (tertiary/aromatic N) is 2. The molecule has 0 aliphatic heterocycles. The summed E-state index contributed by atoms with van der Waals surface area (Å²) in [6, 6.07) is 12.2. The minimum absolute atomic E-state index is 0.0966. The van der Waals surface area contributed by atoms with E-state index in [9.17, 15) is 4.79 Å². The quantitative estimate of drug-likeness (QED) is 0.561. The van der Waals surface area contributed by atoms with E-state index in [-0.39, 0.29) is 6.61 Å². The molecule has 0 saturated heterocycles. The molecular weight excluding hydrogens is 404 g/mol. The van der Waals surface area contributed by atoms with Crippen molar-refractivity contribution in [2.45, 2.75) is 6.61 Å². The molecule has 134 valence electrons. The second kappa shape index (κ2) is 8.01. The average Bonchev–Trinajstić information content (AvgIpc) is 3.15. The maximum atomic E-state index is 11.5. The summed E-state index contributed by atoms with van der Waals surface area (Å²) in [5, 5.41) is 3.95. The van der Waals surface area contributed by atoms with E-state index in [1.54, 1.807) is 25.3 Å². The number of esters is 1. The maximum absolute atomic E-state index is 11.5. The fourth-order valence-corrected chi connectivity index (χ4v) is 2.67. The fraction of sp³-hybridized carbons (Fsp3) is 0.167. The van der Waals surface area contributed by atoms with Gasteiger partial charge < -0.3 is 18.7 Å². The molecule has 1 aromatic heterocycles. The number of aromatic nitrogens is 2. The lowest BCUT2D eigenvalue weighted by Gasteiger charge is -2.07. The number of carbonyl (C=O) groups excluding carboxylic acids is 1. The van der Waals surface area contributed by atoms with Crippen LogP contribution in [0.25, 0.3) is 11.4 Å². The van der Waals surface area contributed by atoms with Crippen LogP contribution < -0.4 is 9.47 Å². The second-order valence-corrected chi connectivity index (χ2v) is 6.02. The van der Waals surface area contributed by atoms with E-state index in [1.807, 2.05) is 24.3 Å². The molecule has 0 atom stereocenters. The van der Waals surface area contributed by atoms with Crippen molar-refractivity contribution in [3.05, 3.63) is 58.4 Å². The molecule has 0 bridgehead atoms. The van der Waals surface area contributed by atoms with Gasteiger partial charge >= 0.3 is 5.97 Å². The first-order valence-electron chi connectivity index (χ1n) is 7.58. The van der Waals surface area contributed by atoms with Gasteiger partial charge in [-0.15, -0.1) is 0 Å². The zero-order chi connectivity index (χ0) is 18.5. The van der Waals surface area contributed by atoms with Crippen molar-refractivity contribution >= 4 is 21.9 Å². The number of hydrogen-bond donors (Lipinski definition) is 0. The molecular formula is C18H15BrN2O5. The van der Waals surface area contributed by atoms with Gasteiger partial charge in [0.25, 0.3) is 5.89 Å². The molecule has 0 aliphatic rings. The highest BCUT2D eigenvalue weighted by molar-refractivity contribution is 9.10. The molecule has 0 amide bonds. The van der Waals surface area contributed by atoms with Gasteiger partial charge in [0.05, 0.1) is 24.3 Å². The van der Waals surface area contributed by atoms with Gasteiger partial charge in [0.15, 0.2) is 6.61 Å². The first kappa shape index (κ1) is 17.9. The summed E-state index contributed by atoms with van der Waals surface area (Å²) >= 11 is 3.36. The number of halogens is 1. The number of methoxy groups -OCH3 is 2. The predicted octanol–water partition coefficient (Wildman–Crippen LogP) is 3.87. The molecule has 0 radical (unpaired) electrons. The zero-order valence-electron chi connectivity index (χ0n) is 14.1. The van der Waals surface area contributed by atoms with Crippen molar-refractivity contribution < 1.29 is 23.5 Å². The topological polar surface area (TPSA) is 83.7 Å². The predicted molar refractivity (Wildman–Crippen MR) is 96.1 cm³/mol. The number of ether oxygens (including phenoxy) is 3. The molecule has 3 aromatic rings. The Morgan fingerprint density at radius 3 is 2.58 bits per heavy atom. The molecule has 0 N–H and O–H groups in total. The van der Waals surface area contributed by atoms with E-state index >= 15 is 0 Å². The molecule has 7 nitrogen and oxygen atoms in total. The van der Waals surface area contributed by atoms with Gasteiger partial charge in [-0.25, -0.2) is 4.79 Å². The lowest BCUT2D eigenvalue weighted by atomic mass is 10.2. The monoisotopic (exact) mass is 418 g/mol. The summed E-state index contributed by atoms with van der Waals surface area (Å²) in [6.07, 6.45) is 0. The van der Waals surface area contributed by atoms with Crippen molar-refractivity contribution in [2.75, 3.05) is 14.2 Å². The Balaban J connectivity index is 1.67. The van der Waals surface area contributed by atoms with E-state index in [1.165, 1.54) is 7.11 Å². The Bertz CT molecular complexity index is 908. The van der Waals surface area contributed by atoms with Crippen molar-refractivity contribution in [3.63, 3.8) is 0 Å². The maximum Gasteiger partial charge on any atom is 0.337 e. The first-order chi connectivity index (χ1) is 12.6. The summed E-state index contributed by atoms with van der Waals surface area (Å²) < 4.78 is 21.3. The summed E-state index contributed by atoms with van der Waals surface area (Å²) in [5.41, 5.74) is 1.23. The smallest absolute Gasteiger partial charge is 0.337 e. The van der Waals surface area contributed by atoms with Crippen LogP contribution in [-0.2, 0) is 11.3 Å². The van der Waals surface area contributed by atoms with Crippen LogP contribution >= 0.6 is 15.9 Å². The highest BCUT2D eigenvalue weighted by Gasteiger charge is 2.12. The van der Waals surface area contributed by atoms with Crippen LogP contribution in [0.1, 0.15) is 16.2 Å². The Kier molecular flexibility index (Phi) is 5.52. The molecule has 0 unspecified atom stereocenters. The van der Waals surface area contributed by atoms with Crippen LogP contribution in [0.4, 0.5) is 0 Å². The van der Waals surface area contributed by atoms with Gasteiger partial charge in [-0.3, -0.25) is 0 Å². The van der Waals surface area contributed by atoms with Gasteiger partial charge in [-0.1, -0.05) is 5.16 Å². The second-order valence-electron chi connectivity index (χ2n) is 5.17. The number of hydrogen-bond acceptors (Lipinski definition) is 7. The minimum Gasteiger partial charge on any atom is -0.497 e. The number of carbonyl (C=O) groups is 1. The zero-order valence-corrected chi connectivity index (χ0v) is 15.6.